The lowest BCUT2D eigenvalue weighted by Gasteiger charge is -2.10. The molecule has 0 unspecified atom stereocenters. The molecule has 1 aliphatic rings. The number of methoxy groups -OCH3 is 1. The normalized spacial score (nSPS) is 30.3. The third kappa shape index (κ3) is 2.48. The largest absolute Gasteiger partial charge is 0.356 e. The van der Waals surface area contributed by atoms with Gasteiger partial charge in [0.25, 0.3) is 0 Å². The van der Waals surface area contributed by atoms with Crippen molar-refractivity contribution in [2.45, 2.75) is 25.2 Å². The van der Waals surface area contributed by atoms with Gasteiger partial charge in [-0.05, 0) is 6.42 Å². The van der Waals surface area contributed by atoms with E-state index in [1.54, 1.807) is 7.11 Å². The Kier molecular flexibility index (Phi) is 3.32. The Labute approximate surface area is 65.9 Å². The summed E-state index contributed by atoms with van der Waals surface area (Å²) in [5.74, 6) is 0. The van der Waals surface area contributed by atoms with Gasteiger partial charge in [-0.3, -0.25) is 4.79 Å². The minimum atomic E-state index is -0.0755. The van der Waals surface area contributed by atoms with Crippen molar-refractivity contribution in [2.75, 3.05) is 13.7 Å². The molecule has 2 atom stereocenters. The second-order valence-electron chi connectivity index (χ2n) is 2.53. The topological polar surface area (TPSA) is 47.6 Å². The van der Waals surface area contributed by atoms with Crippen molar-refractivity contribution >= 4 is 6.41 Å². The first-order valence-electron chi connectivity index (χ1n) is 3.72. The number of carbonyl (C=O) groups excluding carboxylic acids is 1. The van der Waals surface area contributed by atoms with Crippen LogP contribution < -0.4 is 5.32 Å². The maximum atomic E-state index is 9.91. The Morgan fingerprint density at radius 2 is 2.55 bits per heavy atom. The van der Waals surface area contributed by atoms with Crippen molar-refractivity contribution in [3.05, 3.63) is 0 Å². The van der Waals surface area contributed by atoms with Crippen LogP contribution in [0.25, 0.3) is 0 Å². The first-order chi connectivity index (χ1) is 5.36. The SMILES string of the molecule is CO[C@H]1CC[C@@H](CNC=O)O1. The second kappa shape index (κ2) is 4.31. The van der Waals surface area contributed by atoms with Gasteiger partial charge in [-0.1, -0.05) is 0 Å². The average Bonchev–Trinajstić information content (AvgIpc) is 2.48. The van der Waals surface area contributed by atoms with Crippen LogP contribution in [0.4, 0.5) is 0 Å². The van der Waals surface area contributed by atoms with E-state index in [0.717, 1.165) is 12.8 Å². The Morgan fingerprint density at radius 3 is 3.09 bits per heavy atom. The molecular weight excluding hydrogens is 146 g/mol. The molecule has 0 aromatic rings. The number of carbonyl (C=O) groups is 1. The maximum Gasteiger partial charge on any atom is 0.207 e. The molecular formula is C7H13NO3. The van der Waals surface area contributed by atoms with Gasteiger partial charge in [-0.15, -0.1) is 0 Å². The minimum Gasteiger partial charge on any atom is -0.356 e. The zero-order chi connectivity index (χ0) is 8.10. The lowest BCUT2D eigenvalue weighted by Crippen LogP contribution is -2.26. The van der Waals surface area contributed by atoms with E-state index < -0.39 is 0 Å². The van der Waals surface area contributed by atoms with Gasteiger partial charge in [0.2, 0.25) is 6.41 Å². The Balaban J connectivity index is 2.13. The molecule has 1 fully saturated rings. The van der Waals surface area contributed by atoms with Crippen molar-refractivity contribution in [3.63, 3.8) is 0 Å². The first-order valence-corrected chi connectivity index (χ1v) is 3.72. The van der Waals surface area contributed by atoms with E-state index in [4.69, 9.17) is 9.47 Å². The molecule has 0 aromatic heterocycles. The molecule has 0 saturated carbocycles. The summed E-state index contributed by atoms with van der Waals surface area (Å²) < 4.78 is 10.4. The predicted octanol–water partition coefficient (Wildman–Crippen LogP) is -0.116. The summed E-state index contributed by atoms with van der Waals surface area (Å²) in [6, 6.07) is 0. The maximum absolute atomic E-state index is 9.91. The fraction of sp³-hybridized carbons (Fsp3) is 0.857. The number of amides is 1. The monoisotopic (exact) mass is 159 g/mol. The summed E-state index contributed by atoms with van der Waals surface area (Å²) in [4.78, 5) is 9.91. The van der Waals surface area contributed by atoms with Gasteiger partial charge in [0.05, 0.1) is 6.10 Å². The van der Waals surface area contributed by atoms with Crippen LogP contribution in [0, 0.1) is 0 Å². The third-order valence-electron chi connectivity index (χ3n) is 1.76. The molecule has 11 heavy (non-hydrogen) atoms. The van der Waals surface area contributed by atoms with E-state index in [9.17, 15) is 4.79 Å². The van der Waals surface area contributed by atoms with Crippen LogP contribution in [0.1, 0.15) is 12.8 Å². The van der Waals surface area contributed by atoms with Crippen LogP contribution in [0.3, 0.4) is 0 Å². The molecule has 4 heteroatoms. The summed E-state index contributed by atoms with van der Waals surface area (Å²) in [5, 5.41) is 2.57. The zero-order valence-electron chi connectivity index (χ0n) is 6.58. The molecule has 1 saturated heterocycles. The van der Waals surface area contributed by atoms with Crippen molar-refractivity contribution in [1.82, 2.24) is 5.32 Å². The summed E-state index contributed by atoms with van der Waals surface area (Å²) in [7, 11) is 1.63. The highest BCUT2D eigenvalue weighted by Crippen LogP contribution is 2.18. The van der Waals surface area contributed by atoms with Crippen LogP contribution in [-0.2, 0) is 14.3 Å². The standard InChI is InChI=1S/C7H13NO3/c1-10-7-3-2-6(11-7)4-8-5-9/h5-7H,2-4H2,1H3,(H,8,9)/t6-,7+/m0/s1. The Morgan fingerprint density at radius 1 is 1.73 bits per heavy atom. The lowest BCUT2D eigenvalue weighted by atomic mass is 10.2. The summed E-state index contributed by atoms with van der Waals surface area (Å²) >= 11 is 0. The van der Waals surface area contributed by atoms with Gasteiger partial charge in [-0.2, -0.15) is 0 Å². The molecule has 0 bridgehead atoms. The quantitative estimate of drug-likeness (QED) is 0.582. The third-order valence-corrected chi connectivity index (χ3v) is 1.76. The number of hydrogen-bond acceptors (Lipinski definition) is 3. The molecule has 0 aliphatic carbocycles. The van der Waals surface area contributed by atoms with Crippen LogP contribution in [0.15, 0.2) is 0 Å². The van der Waals surface area contributed by atoms with E-state index in [1.165, 1.54) is 0 Å². The smallest absolute Gasteiger partial charge is 0.207 e. The highest BCUT2D eigenvalue weighted by Gasteiger charge is 2.24. The highest BCUT2D eigenvalue weighted by molar-refractivity contribution is 5.45. The average molecular weight is 159 g/mol. The van der Waals surface area contributed by atoms with Crippen molar-refractivity contribution in [2.24, 2.45) is 0 Å². The summed E-state index contributed by atoms with van der Waals surface area (Å²) in [6.07, 6.45) is 2.61. The summed E-state index contributed by atoms with van der Waals surface area (Å²) in [6.45, 7) is 0.587. The van der Waals surface area contributed by atoms with Crippen LogP contribution in [-0.4, -0.2) is 32.5 Å². The number of hydrogen-bond donors (Lipinski definition) is 1. The van der Waals surface area contributed by atoms with Crippen LogP contribution >= 0.6 is 0 Å². The lowest BCUT2D eigenvalue weighted by molar-refractivity contribution is -0.118. The van der Waals surface area contributed by atoms with E-state index >= 15 is 0 Å². The predicted molar refractivity (Wildman–Crippen MR) is 39.0 cm³/mol. The molecule has 1 aliphatic heterocycles. The molecule has 0 aromatic carbocycles. The Hall–Kier alpha value is -0.610. The number of rotatable bonds is 4. The van der Waals surface area contributed by atoms with Crippen molar-refractivity contribution < 1.29 is 14.3 Å². The minimum absolute atomic E-state index is 0.0755. The second-order valence-corrected chi connectivity index (χ2v) is 2.53. The first kappa shape index (κ1) is 8.49. The van der Waals surface area contributed by atoms with Gasteiger partial charge in [-0.25, -0.2) is 0 Å². The van der Waals surface area contributed by atoms with Crippen molar-refractivity contribution in [1.29, 1.82) is 0 Å². The summed E-state index contributed by atoms with van der Waals surface area (Å²) in [5.41, 5.74) is 0. The van der Waals surface area contributed by atoms with E-state index in [1.807, 2.05) is 0 Å². The Bertz CT molecular complexity index is 129. The molecule has 64 valence electrons. The fourth-order valence-electron chi connectivity index (χ4n) is 1.18. The highest BCUT2D eigenvalue weighted by atomic mass is 16.7. The molecule has 1 amide bonds. The van der Waals surface area contributed by atoms with E-state index in [0.29, 0.717) is 13.0 Å². The van der Waals surface area contributed by atoms with Gasteiger partial charge in [0.1, 0.15) is 0 Å². The molecule has 4 nitrogen and oxygen atoms in total. The molecule has 1 rings (SSSR count). The molecule has 1 heterocycles. The fourth-order valence-corrected chi connectivity index (χ4v) is 1.18. The van der Waals surface area contributed by atoms with Crippen molar-refractivity contribution in [3.8, 4) is 0 Å². The molecule has 0 spiro atoms. The van der Waals surface area contributed by atoms with Gasteiger partial charge < -0.3 is 14.8 Å². The zero-order valence-corrected chi connectivity index (χ0v) is 6.58. The molecule has 1 N–H and O–H groups in total. The van der Waals surface area contributed by atoms with Crippen LogP contribution in [0.2, 0.25) is 0 Å². The number of ether oxygens (including phenoxy) is 2. The van der Waals surface area contributed by atoms with Gasteiger partial charge in [0.15, 0.2) is 6.29 Å². The van der Waals surface area contributed by atoms with Gasteiger partial charge >= 0.3 is 0 Å². The number of nitrogens with one attached hydrogen (secondary N) is 1. The van der Waals surface area contributed by atoms with E-state index in [-0.39, 0.29) is 12.4 Å². The van der Waals surface area contributed by atoms with E-state index in [2.05, 4.69) is 5.32 Å². The molecule has 0 radical (unpaired) electrons. The van der Waals surface area contributed by atoms with Gasteiger partial charge in [0, 0.05) is 20.1 Å². The van der Waals surface area contributed by atoms with Crippen LogP contribution in [0.5, 0.6) is 0 Å².